The minimum Gasteiger partial charge on any atom is -0.493 e. The largest absolute Gasteiger partial charge is 0.493 e. The quantitative estimate of drug-likeness (QED) is 0.781. The smallest absolute Gasteiger partial charge is 0.306 e. The average molecular weight is 208 g/mol. The van der Waals surface area contributed by atoms with Crippen molar-refractivity contribution in [2.45, 2.75) is 26.2 Å². The molecule has 0 aliphatic heterocycles. The highest BCUT2D eigenvalue weighted by molar-refractivity contribution is 5.66. The second kappa shape index (κ2) is 6.06. The number of aryl methyl sites for hydroxylation is 1. The lowest BCUT2D eigenvalue weighted by Gasteiger charge is -2.05. The van der Waals surface area contributed by atoms with Gasteiger partial charge >= 0.3 is 5.97 Å². The summed E-state index contributed by atoms with van der Waals surface area (Å²) < 4.78 is 5.27. The third kappa shape index (κ3) is 4.49. The summed E-state index contributed by atoms with van der Waals surface area (Å²) in [5.74, 6) is -0.103. The predicted molar refractivity (Wildman–Crippen MR) is 58.2 cm³/mol. The maximum Gasteiger partial charge on any atom is 0.306 e. The van der Waals surface area contributed by atoms with Crippen molar-refractivity contribution in [2.24, 2.45) is 0 Å². The van der Waals surface area contributed by atoms with Crippen molar-refractivity contribution in [1.82, 2.24) is 0 Å². The number of rotatable bonds is 6. The van der Waals surface area contributed by atoms with Crippen LogP contribution < -0.4 is 4.74 Å². The normalized spacial score (nSPS) is 9.93. The lowest BCUT2D eigenvalue weighted by atomic mass is 10.1. The van der Waals surface area contributed by atoms with Gasteiger partial charge < -0.3 is 9.84 Å². The lowest BCUT2D eigenvalue weighted by Crippen LogP contribution is -2.04. The maximum atomic E-state index is 10.2. The Morgan fingerprint density at radius 3 is 2.53 bits per heavy atom. The fourth-order valence-electron chi connectivity index (χ4n) is 1.30. The number of hydrogen-bond donors (Lipinski definition) is 1. The van der Waals surface area contributed by atoms with E-state index in [1.165, 1.54) is 5.56 Å². The van der Waals surface area contributed by atoms with E-state index < -0.39 is 5.97 Å². The van der Waals surface area contributed by atoms with Crippen molar-refractivity contribution >= 4 is 5.97 Å². The summed E-state index contributed by atoms with van der Waals surface area (Å²) in [6, 6.07) is 7.79. The highest BCUT2D eigenvalue weighted by Crippen LogP contribution is 2.13. The van der Waals surface area contributed by atoms with Crippen molar-refractivity contribution < 1.29 is 14.6 Å². The Labute approximate surface area is 89.7 Å². The molecule has 0 atom stereocenters. The number of carbonyl (C=O) groups is 1. The van der Waals surface area contributed by atoms with Crippen LogP contribution in [0.25, 0.3) is 0 Å². The summed E-state index contributed by atoms with van der Waals surface area (Å²) in [5, 5.41) is 8.43. The van der Waals surface area contributed by atoms with Gasteiger partial charge in [0.15, 0.2) is 0 Å². The second-order valence-electron chi connectivity index (χ2n) is 3.39. The molecule has 0 radical (unpaired) electrons. The van der Waals surface area contributed by atoms with Crippen LogP contribution in [0.15, 0.2) is 24.3 Å². The fourth-order valence-corrected chi connectivity index (χ4v) is 1.30. The van der Waals surface area contributed by atoms with Gasteiger partial charge in [0, 0.05) is 0 Å². The Bertz CT molecular complexity index is 303. The number of carboxylic acids is 1. The van der Waals surface area contributed by atoms with Crippen molar-refractivity contribution in [3.63, 3.8) is 0 Å². The molecule has 0 aliphatic rings. The molecule has 1 aromatic carbocycles. The Morgan fingerprint density at radius 1 is 1.33 bits per heavy atom. The molecule has 15 heavy (non-hydrogen) atoms. The van der Waals surface area contributed by atoms with Gasteiger partial charge in [-0.3, -0.25) is 4.79 Å². The minimum absolute atomic E-state index is 0.0384. The van der Waals surface area contributed by atoms with Gasteiger partial charge in [-0.2, -0.15) is 0 Å². The van der Waals surface area contributed by atoms with Crippen LogP contribution in [-0.4, -0.2) is 17.7 Å². The molecule has 0 aliphatic carbocycles. The molecule has 0 amide bonds. The number of ether oxygens (including phenoxy) is 1. The summed E-state index contributed by atoms with van der Waals surface area (Å²) in [5.41, 5.74) is 1.28. The van der Waals surface area contributed by atoms with E-state index in [-0.39, 0.29) is 13.0 Å². The van der Waals surface area contributed by atoms with Crippen LogP contribution in [0.4, 0.5) is 0 Å². The molecule has 0 spiro atoms. The first-order valence-corrected chi connectivity index (χ1v) is 5.16. The van der Waals surface area contributed by atoms with Gasteiger partial charge in [-0.25, -0.2) is 0 Å². The van der Waals surface area contributed by atoms with E-state index in [0.29, 0.717) is 0 Å². The molecule has 0 unspecified atom stereocenters. The Hall–Kier alpha value is -1.51. The van der Waals surface area contributed by atoms with E-state index in [4.69, 9.17) is 9.84 Å². The molecule has 1 N–H and O–H groups in total. The highest BCUT2D eigenvalue weighted by Gasteiger charge is 1.98. The zero-order valence-electron chi connectivity index (χ0n) is 8.90. The van der Waals surface area contributed by atoms with Gasteiger partial charge in [-0.15, -0.1) is 0 Å². The summed E-state index contributed by atoms with van der Waals surface area (Å²) in [4.78, 5) is 10.2. The lowest BCUT2D eigenvalue weighted by molar-refractivity contribution is -0.137. The van der Waals surface area contributed by atoms with Gasteiger partial charge in [0.1, 0.15) is 5.75 Å². The SMILES string of the molecule is CCCc1ccc(OCCC(=O)O)cc1. The fraction of sp³-hybridized carbons (Fsp3) is 0.417. The van der Waals surface area contributed by atoms with E-state index in [9.17, 15) is 4.79 Å². The summed E-state index contributed by atoms with van der Waals surface area (Å²) in [7, 11) is 0. The first-order chi connectivity index (χ1) is 7.22. The van der Waals surface area contributed by atoms with E-state index in [1.54, 1.807) is 0 Å². The van der Waals surface area contributed by atoms with E-state index >= 15 is 0 Å². The first-order valence-electron chi connectivity index (χ1n) is 5.16. The van der Waals surface area contributed by atoms with Crippen molar-refractivity contribution in [3.05, 3.63) is 29.8 Å². The second-order valence-corrected chi connectivity index (χ2v) is 3.39. The van der Waals surface area contributed by atoms with Crippen LogP contribution in [0.2, 0.25) is 0 Å². The number of aliphatic carboxylic acids is 1. The Morgan fingerprint density at radius 2 is 2.00 bits per heavy atom. The molecule has 1 rings (SSSR count). The molecule has 0 saturated heterocycles. The maximum absolute atomic E-state index is 10.2. The van der Waals surface area contributed by atoms with Crippen LogP contribution in [0.1, 0.15) is 25.3 Å². The van der Waals surface area contributed by atoms with Gasteiger partial charge in [0.2, 0.25) is 0 Å². The molecule has 1 aromatic rings. The number of hydrogen-bond acceptors (Lipinski definition) is 2. The molecule has 82 valence electrons. The van der Waals surface area contributed by atoms with Crippen LogP contribution in [0.5, 0.6) is 5.75 Å². The zero-order valence-corrected chi connectivity index (χ0v) is 8.90. The molecule has 0 heterocycles. The topological polar surface area (TPSA) is 46.5 Å². The van der Waals surface area contributed by atoms with Crippen LogP contribution in [0.3, 0.4) is 0 Å². The van der Waals surface area contributed by atoms with Crippen LogP contribution >= 0.6 is 0 Å². The average Bonchev–Trinajstić information content (AvgIpc) is 2.20. The van der Waals surface area contributed by atoms with Gasteiger partial charge in [-0.05, 0) is 24.1 Å². The molecular weight excluding hydrogens is 192 g/mol. The van der Waals surface area contributed by atoms with E-state index in [0.717, 1.165) is 18.6 Å². The van der Waals surface area contributed by atoms with Crippen LogP contribution in [0, 0.1) is 0 Å². The molecular formula is C12H16O3. The first kappa shape index (κ1) is 11.6. The molecule has 0 aromatic heterocycles. The monoisotopic (exact) mass is 208 g/mol. The third-order valence-electron chi connectivity index (χ3n) is 2.05. The number of carboxylic acid groups (broad SMARTS) is 1. The Balaban J connectivity index is 2.39. The van der Waals surface area contributed by atoms with Gasteiger partial charge in [0.25, 0.3) is 0 Å². The minimum atomic E-state index is -0.836. The van der Waals surface area contributed by atoms with Crippen molar-refractivity contribution in [2.75, 3.05) is 6.61 Å². The highest BCUT2D eigenvalue weighted by atomic mass is 16.5. The summed E-state index contributed by atoms with van der Waals surface area (Å²) in [6.07, 6.45) is 2.23. The standard InChI is InChI=1S/C12H16O3/c1-2-3-10-4-6-11(7-5-10)15-9-8-12(13)14/h4-7H,2-3,8-9H2,1H3,(H,13,14). The molecule has 0 bridgehead atoms. The molecule has 0 saturated carbocycles. The van der Waals surface area contributed by atoms with Gasteiger partial charge in [0.05, 0.1) is 13.0 Å². The summed E-state index contributed by atoms with van der Waals surface area (Å²) >= 11 is 0. The summed E-state index contributed by atoms with van der Waals surface area (Å²) in [6.45, 7) is 2.36. The van der Waals surface area contributed by atoms with Crippen molar-refractivity contribution in [1.29, 1.82) is 0 Å². The van der Waals surface area contributed by atoms with E-state index in [1.807, 2.05) is 24.3 Å². The van der Waals surface area contributed by atoms with Gasteiger partial charge in [-0.1, -0.05) is 25.5 Å². The predicted octanol–water partition coefficient (Wildman–Crippen LogP) is 2.49. The molecule has 3 nitrogen and oxygen atoms in total. The Kier molecular flexibility index (Phi) is 4.68. The van der Waals surface area contributed by atoms with Crippen LogP contribution in [-0.2, 0) is 11.2 Å². The third-order valence-corrected chi connectivity index (χ3v) is 2.05. The van der Waals surface area contributed by atoms with Crippen molar-refractivity contribution in [3.8, 4) is 5.75 Å². The molecule has 3 heteroatoms. The zero-order chi connectivity index (χ0) is 11.1. The number of benzene rings is 1. The molecule has 0 fully saturated rings. The van der Waals surface area contributed by atoms with E-state index in [2.05, 4.69) is 6.92 Å².